The molecule has 0 amide bonds. The first-order valence-corrected chi connectivity index (χ1v) is 10.3. The average Bonchev–Trinajstić information content (AvgIpc) is 3.04. The van der Waals surface area contributed by atoms with E-state index in [1.807, 2.05) is 40.3 Å². The average molecular weight is 393 g/mol. The van der Waals surface area contributed by atoms with Crippen molar-refractivity contribution >= 4 is 33.2 Å². The standard InChI is InChI=1S/C22H27N5O2/c1-5-14(3)27-17(6-2)25-20-18(22(27)28)19-21(26(20)12-9-13-29-4)24-16-11-8-7-10-15(16)23-19/h7-8,10-11,14H,5-6,9,12-13H2,1-4H3/t14-/m1/s1. The zero-order valence-corrected chi connectivity index (χ0v) is 17.5. The van der Waals surface area contributed by atoms with Crippen LogP contribution in [-0.2, 0) is 17.7 Å². The van der Waals surface area contributed by atoms with Crippen LogP contribution >= 0.6 is 0 Å². The largest absolute Gasteiger partial charge is 0.385 e. The first-order chi connectivity index (χ1) is 14.1. The van der Waals surface area contributed by atoms with Gasteiger partial charge < -0.3 is 9.30 Å². The maximum Gasteiger partial charge on any atom is 0.265 e. The molecule has 4 aromatic rings. The topological polar surface area (TPSA) is 74.8 Å². The van der Waals surface area contributed by atoms with E-state index in [0.717, 1.165) is 29.7 Å². The van der Waals surface area contributed by atoms with Gasteiger partial charge in [0.1, 0.15) is 16.7 Å². The second-order valence-corrected chi connectivity index (χ2v) is 7.40. The zero-order chi connectivity index (χ0) is 20.5. The third-order valence-electron chi connectivity index (χ3n) is 5.55. The van der Waals surface area contributed by atoms with Crippen molar-refractivity contribution in [1.82, 2.24) is 24.1 Å². The third-order valence-corrected chi connectivity index (χ3v) is 5.55. The highest BCUT2D eigenvalue weighted by molar-refractivity contribution is 6.04. The number of fused-ring (bicyclic) bond motifs is 4. The van der Waals surface area contributed by atoms with E-state index in [-0.39, 0.29) is 11.6 Å². The summed E-state index contributed by atoms with van der Waals surface area (Å²) in [7, 11) is 1.69. The van der Waals surface area contributed by atoms with Crippen molar-refractivity contribution < 1.29 is 4.74 Å². The summed E-state index contributed by atoms with van der Waals surface area (Å²) in [5, 5.41) is 0.563. The van der Waals surface area contributed by atoms with Crippen LogP contribution in [0.15, 0.2) is 29.1 Å². The minimum absolute atomic E-state index is 0.0266. The first-order valence-electron chi connectivity index (χ1n) is 10.3. The maximum absolute atomic E-state index is 13.6. The Labute approximate surface area is 169 Å². The lowest BCUT2D eigenvalue weighted by Crippen LogP contribution is -2.28. The van der Waals surface area contributed by atoms with E-state index in [0.29, 0.717) is 41.8 Å². The molecule has 7 nitrogen and oxygen atoms in total. The molecule has 0 aliphatic carbocycles. The number of hydrogen-bond donors (Lipinski definition) is 0. The van der Waals surface area contributed by atoms with Gasteiger partial charge in [-0.1, -0.05) is 26.0 Å². The quantitative estimate of drug-likeness (QED) is 0.446. The minimum atomic E-state index is -0.0266. The van der Waals surface area contributed by atoms with E-state index in [1.165, 1.54) is 0 Å². The lowest BCUT2D eigenvalue weighted by molar-refractivity contribution is 0.191. The molecular formula is C22H27N5O2. The molecule has 3 heterocycles. The monoisotopic (exact) mass is 393 g/mol. The van der Waals surface area contributed by atoms with Crippen LogP contribution < -0.4 is 5.56 Å². The molecule has 152 valence electrons. The van der Waals surface area contributed by atoms with E-state index in [4.69, 9.17) is 19.7 Å². The molecule has 0 unspecified atom stereocenters. The summed E-state index contributed by atoms with van der Waals surface area (Å²) in [6, 6.07) is 7.84. The molecule has 1 atom stereocenters. The molecule has 0 saturated carbocycles. The van der Waals surface area contributed by atoms with Crippen LogP contribution in [0.3, 0.4) is 0 Å². The van der Waals surface area contributed by atoms with Gasteiger partial charge in [-0.2, -0.15) is 0 Å². The summed E-state index contributed by atoms with van der Waals surface area (Å²) in [6.45, 7) is 7.49. The first kappa shape index (κ1) is 19.5. The molecule has 0 saturated heterocycles. The van der Waals surface area contributed by atoms with Crippen molar-refractivity contribution in [3.05, 3.63) is 40.4 Å². The smallest absolute Gasteiger partial charge is 0.265 e. The Bertz CT molecular complexity index is 1240. The van der Waals surface area contributed by atoms with Gasteiger partial charge in [-0.25, -0.2) is 15.0 Å². The third kappa shape index (κ3) is 3.19. The highest BCUT2D eigenvalue weighted by Crippen LogP contribution is 2.26. The lowest BCUT2D eigenvalue weighted by atomic mass is 10.2. The number of benzene rings is 1. The zero-order valence-electron chi connectivity index (χ0n) is 17.5. The van der Waals surface area contributed by atoms with Gasteiger partial charge in [0.15, 0.2) is 11.3 Å². The number of methoxy groups -OCH3 is 1. The van der Waals surface area contributed by atoms with E-state index in [9.17, 15) is 4.79 Å². The molecule has 0 fully saturated rings. The molecule has 4 rings (SSSR count). The molecule has 1 aromatic carbocycles. The number of hydrogen-bond acceptors (Lipinski definition) is 5. The summed E-state index contributed by atoms with van der Waals surface area (Å²) < 4.78 is 9.10. The predicted octanol–water partition coefficient (Wildman–Crippen LogP) is 3.86. The molecule has 0 aliphatic rings. The Hall–Kier alpha value is -2.80. The fourth-order valence-corrected chi connectivity index (χ4v) is 3.88. The summed E-state index contributed by atoms with van der Waals surface area (Å²) in [6.07, 6.45) is 2.36. The number of rotatable bonds is 7. The van der Waals surface area contributed by atoms with Crippen molar-refractivity contribution in [2.45, 2.75) is 52.6 Å². The number of nitrogens with zero attached hydrogens (tertiary/aromatic N) is 5. The number of ether oxygens (including phenoxy) is 1. The number of para-hydroxylation sites is 2. The predicted molar refractivity (Wildman–Crippen MR) is 115 cm³/mol. The number of aromatic nitrogens is 5. The highest BCUT2D eigenvalue weighted by atomic mass is 16.5. The molecule has 7 heteroatoms. The lowest BCUT2D eigenvalue weighted by Gasteiger charge is -2.17. The van der Waals surface area contributed by atoms with Gasteiger partial charge in [0.2, 0.25) is 0 Å². The normalized spacial score (nSPS) is 13.0. The molecular weight excluding hydrogens is 366 g/mol. The highest BCUT2D eigenvalue weighted by Gasteiger charge is 2.23. The second kappa shape index (κ2) is 7.91. The van der Waals surface area contributed by atoms with Gasteiger partial charge in [0, 0.05) is 32.7 Å². The Morgan fingerprint density at radius 3 is 2.45 bits per heavy atom. The van der Waals surface area contributed by atoms with E-state index in [2.05, 4.69) is 13.8 Å². The molecule has 0 bridgehead atoms. The summed E-state index contributed by atoms with van der Waals surface area (Å²) >= 11 is 0. The van der Waals surface area contributed by atoms with Crippen LogP contribution in [0.4, 0.5) is 0 Å². The van der Waals surface area contributed by atoms with Gasteiger partial charge in [-0.15, -0.1) is 0 Å². The van der Waals surface area contributed by atoms with Crippen LogP contribution in [0.25, 0.3) is 33.2 Å². The van der Waals surface area contributed by atoms with E-state index in [1.54, 1.807) is 7.11 Å². The molecule has 0 N–H and O–H groups in total. The van der Waals surface area contributed by atoms with Crippen molar-refractivity contribution in [2.75, 3.05) is 13.7 Å². The van der Waals surface area contributed by atoms with Crippen LogP contribution in [0, 0.1) is 0 Å². The Morgan fingerprint density at radius 2 is 1.79 bits per heavy atom. The summed E-state index contributed by atoms with van der Waals surface area (Å²) in [4.78, 5) is 28.2. The van der Waals surface area contributed by atoms with Crippen LogP contribution in [0.1, 0.15) is 45.5 Å². The molecule has 3 aromatic heterocycles. The van der Waals surface area contributed by atoms with Crippen molar-refractivity contribution in [3.63, 3.8) is 0 Å². The molecule has 0 aliphatic heterocycles. The maximum atomic E-state index is 13.6. The van der Waals surface area contributed by atoms with E-state index >= 15 is 0 Å². The van der Waals surface area contributed by atoms with Crippen LogP contribution in [0.2, 0.25) is 0 Å². The fraction of sp³-hybridized carbons (Fsp3) is 0.455. The van der Waals surface area contributed by atoms with E-state index < -0.39 is 0 Å². The van der Waals surface area contributed by atoms with Crippen LogP contribution in [0.5, 0.6) is 0 Å². The molecule has 0 spiro atoms. The Balaban J connectivity index is 2.13. The van der Waals surface area contributed by atoms with Crippen molar-refractivity contribution in [2.24, 2.45) is 0 Å². The van der Waals surface area contributed by atoms with Gasteiger partial charge in [0.25, 0.3) is 5.56 Å². The molecule has 29 heavy (non-hydrogen) atoms. The minimum Gasteiger partial charge on any atom is -0.385 e. The van der Waals surface area contributed by atoms with Crippen LogP contribution in [-0.4, -0.2) is 37.8 Å². The van der Waals surface area contributed by atoms with Gasteiger partial charge in [-0.05, 0) is 31.9 Å². The summed E-state index contributed by atoms with van der Waals surface area (Å²) in [5.74, 6) is 0.803. The van der Waals surface area contributed by atoms with Gasteiger partial charge >= 0.3 is 0 Å². The molecule has 0 radical (unpaired) electrons. The Kier molecular flexibility index (Phi) is 5.32. The Morgan fingerprint density at radius 1 is 1.07 bits per heavy atom. The van der Waals surface area contributed by atoms with Crippen molar-refractivity contribution in [1.29, 1.82) is 0 Å². The SMILES string of the molecule is CCc1nc2c(c(=O)n1[C@H](C)CC)c1nc3ccccc3nc1n2CCCOC. The number of aryl methyl sites for hydroxylation is 2. The van der Waals surface area contributed by atoms with Gasteiger partial charge in [-0.3, -0.25) is 9.36 Å². The second-order valence-electron chi connectivity index (χ2n) is 7.40. The summed E-state index contributed by atoms with van der Waals surface area (Å²) in [5.41, 5.74) is 3.59. The van der Waals surface area contributed by atoms with Gasteiger partial charge in [0.05, 0.1) is 11.0 Å². The van der Waals surface area contributed by atoms with Crippen molar-refractivity contribution in [3.8, 4) is 0 Å². The fourth-order valence-electron chi connectivity index (χ4n) is 3.88.